The van der Waals surface area contributed by atoms with Crippen LogP contribution < -0.4 is 14.9 Å². The average Bonchev–Trinajstić information content (AvgIpc) is 3.33. The summed E-state index contributed by atoms with van der Waals surface area (Å²) in [4.78, 5) is 28.9. The van der Waals surface area contributed by atoms with Crippen molar-refractivity contribution in [1.29, 1.82) is 0 Å². The van der Waals surface area contributed by atoms with Gasteiger partial charge in [-0.2, -0.15) is 5.10 Å². The summed E-state index contributed by atoms with van der Waals surface area (Å²) >= 11 is 6.24. The molecular formula is C31H24ClN3O4. The zero-order chi connectivity index (χ0) is 27.4. The zero-order valence-electron chi connectivity index (χ0n) is 21.2. The first-order valence-corrected chi connectivity index (χ1v) is 12.5. The van der Waals surface area contributed by atoms with Gasteiger partial charge in [0.25, 0.3) is 5.91 Å². The van der Waals surface area contributed by atoms with Gasteiger partial charge in [0.2, 0.25) is 0 Å². The molecule has 5 aromatic rings. The molecule has 0 aliphatic carbocycles. The number of benzene rings is 4. The highest BCUT2D eigenvalue weighted by Gasteiger charge is 2.19. The van der Waals surface area contributed by atoms with Gasteiger partial charge in [-0.25, -0.2) is 10.2 Å². The van der Waals surface area contributed by atoms with Crippen LogP contribution in [0.15, 0.2) is 96.1 Å². The van der Waals surface area contributed by atoms with Crippen molar-refractivity contribution in [1.82, 2.24) is 10.4 Å². The summed E-state index contributed by atoms with van der Waals surface area (Å²) in [6, 6.07) is 27.1. The molecular weight excluding hydrogens is 514 g/mol. The summed E-state index contributed by atoms with van der Waals surface area (Å²) in [6.07, 6.45) is 1.48. The van der Waals surface area contributed by atoms with E-state index in [2.05, 4.69) is 15.5 Å². The van der Waals surface area contributed by atoms with Crippen LogP contribution in [0.5, 0.6) is 11.5 Å². The largest absolute Gasteiger partial charge is 0.493 e. The van der Waals surface area contributed by atoms with E-state index in [1.807, 2.05) is 61.5 Å². The van der Waals surface area contributed by atoms with Crippen molar-refractivity contribution in [2.75, 3.05) is 7.11 Å². The smallest absolute Gasteiger partial charge is 0.343 e. The fourth-order valence-electron chi connectivity index (χ4n) is 4.16. The number of nitrogens with one attached hydrogen (secondary N) is 2. The molecule has 0 bridgehead atoms. The number of halogens is 1. The summed E-state index contributed by atoms with van der Waals surface area (Å²) in [7, 11) is 1.48. The molecule has 0 saturated heterocycles. The van der Waals surface area contributed by atoms with E-state index in [0.29, 0.717) is 27.6 Å². The predicted octanol–water partition coefficient (Wildman–Crippen LogP) is 6.79. The number of nitrogens with zero attached hydrogens (tertiary/aromatic N) is 1. The van der Waals surface area contributed by atoms with Gasteiger partial charge in [0.15, 0.2) is 11.5 Å². The molecule has 0 unspecified atom stereocenters. The SMILES string of the molecule is COc1cc(C=NNC(=O)c2[nH]c3ccc(Cl)cc3c2-c2ccccc2)ccc1OC(=O)c1ccc(C)cc1. The van der Waals surface area contributed by atoms with E-state index in [1.165, 1.54) is 13.3 Å². The number of ether oxygens (including phenoxy) is 2. The lowest BCUT2D eigenvalue weighted by Crippen LogP contribution is -2.18. The molecule has 2 N–H and O–H groups in total. The third-order valence-corrected chi connectivity index (χ3v) is 6.34. The summed E-state index contributed by atoms with van der Waals surface area (Å²) in [5.74, 6) is -0.276. The second kappa shape index (κ2) is 11.2. The van der Waals surface area contributed by atoms with Crippen LogP contribution in [0.2, 0.25) is 5.02 Å². The Morgan fingerprint density at radius 3 is 2.44 bits per heavy atom. The van der Waals surface area contributed by atoms with Gasteiger partial charge in [-0.15, -0.1) is 0 Å². The van der Waals surface area contributed by atoms with Crippen LogP contribution in [0.3, 0.4) is 0 Å². The second-order valence-electron chi connectivity index (χ2n) is 8.80. The van der Waals surface area contributed by atoms with E-state index in [4.69, 9.17) is 21.1 Å². The van der Waals surface area contributed by atoms with Crippen LogP contribution in [0.25, 0.3) is 22.0 Å². The molecule has 0 aliphatic heterocycles. The number of esters is 1. The lowest BCUT2D eigenvalue weighted by molar-refractivity contribution is 0.0729. The Morgan fingerprint density at radius 2 is 1.69 bits per heavy atom. The molecule has 5 rings (SSSR count). The zero-order valence-corrected chi connectivity index (χ0v) is 22.0. The Labute approximate surface area is 230 Å². The van der Waals surface area contributed by atoms with Crippen molar-refractivity contribution >= 4 is 40.6 Å². The number of carbonyl (C=O) groups is 2. The Hall–Kier alpha value is -4.88. The van der Waals surface area contributed by atoms with Gasteiger partial charge in [-0.05, 0) is 66.6 Å². The Morgan fingerprint density at radius 1 is 0.923 bits per heavy atom. The van der Waals surface area contributed by atoms with Gasteiger partial charge in [0, 0.05) is 21.5 Å². The fourth-order valence-corrected chi connectivity index (χ4v) is 4.33. The van der Waals surface area contributed by atoms with Gasteiger partial charge in [-0.1, -0.05) is 59.6 Å². The third kappa shape index (κ3) is 5.68. The maximum atomic E-state index is 13.2. The number of carbonyl (C=O) groups excluding carboxylic acids is 2. The molecule has 8 heteroatoms. The number of aromatic amines is 1. The topological polar surface area (TPSA) is 92.8 Å². The number of hydrogen-bond donors (Lipinski definition) is 2. The van der Waals surface area contributed by atoms with Gasteiger partial charge >= 0.3 is 5.97 Å². The summed E-state index contributed by atoms with van der Waals surface area (Å²) in [5, 5.41) is 5.54. The number of methoxy groups -OCH3 is 1. The third-order valence-electron chi connectivity index (χ3n) is 6.11. The lowest BCUT2D eigenvalue weighted by Gasteiger charge is -2.10. The lowest BCUT2D eigenvalue weighted by atomic mass is 10.0. The highest BCUT2D eigenvalue weighted by Crippen LogP contribution is 2.34. The maximum Gasteiger partial charge on any atom is 0.343 e. The first-order valence-electron chi connectivity index (χ1n) is 12.1. The molecule has 0 saturated carbocycles. The minimum Gasteiger partial charge on any atom is -0.493 e. The van der Waals surface area contributed by atoms with E-state index >= 15 is 0 Å². The maximum absolute atomic E-state index is 13.2. The van der Waals surface area contributed by atoms with E-state index in [1.54, 1.807) is 36.4 Å². The first-order chi connectivity index (χ1) is 18.9. The molecule has 1 amide bonds. The molecule has 7 nitrogen and oxygen atoms in total. The van der Waals surface area contributed by atoms with Crippen molar-refractivity contribution in [3.8, 4) is 22.6 Å². The first kappa shape index (κ1) is 25.8. The second-order valence-corrected chi connectivity index (χ2v) is 9.23. The fraction of sp³-hybridized carbons (Fsp3) is 0.0645. The molecule has 0 atom stereocenters. The summed E-state index contributed by atoms with van der Waals surface area (Å²) < 4.78 is 10.9. The highest BCUT2D eigenvalue weighted by molar-refractivity contribution is 6.31. The van der Waals surface area contributed by atoms with Crippen LogP contribution in [0, 0.1) is 6.92 Å². The predicted molar refractivity (Wildman–Crippen MR) is 153 cm³/mol. The molecule has 194 valence electrons. The van der Waals surface area contributed by atoms with E-state index in [-0.39, 0.29) is 5.75 Å². The molecule has 39 heavy (non-hydrogen) atoms. The van der Waals surface area contributed by atoms with Gasteiger partial charge in [0.1, 0.15) is 5.69 Å². The van der Waals surface area contributed by atoms with Crippen LogP contribution in [-0.4, -0.2) is 30.2 Å². The molecule has 1 aromatic heterocycles. The average molecular weight is 538 g/mol. The number of aryl methyl sites for hydroxylation is 1. The van der Waals surface area contributed by atoms with Crippen molar-refractivity contribution in [2.45, 2.75) is 6.92 Å². The minimum absolute atomic E-state index is 0.272. The number of fused-ring (bicyclic) bond motifs is 1. The van der Waals surface area contributed by atoms with Gasteiger partial charge < -0.3 is 14.5 Å². The van der Waals surface area contributed by atoms with Crippen LogP contribution in [0.1, 0.15) is 32.0 Å². The van der Waals surface area contributed by atoms with Crippen LogP contribution in [-0.2, 0) is 0 Å². The van der Waals surface area contributed by atoms with Crippen LogP contribution >= 0.6 is 11.6 Å². The molecule has 0 spiro atoms. The monoisotopic (exact) mass is 537 g/mol. The number of rotatable bonds is 7. The van der Waals surface area contributed by atoms with E-state index in [9.17, 15) is 9.59 Å². The number of H-pyrrole nitrogens is 1. The molecule has 0 aliphatic rings. The van der Waals surface area contributed by atoms with Crippen LogP contribution in [0.4, 0.5) is 0 Å². The Bertz CT molecular complexity index is 1690. The number of amides is 1. The van der Waals surface area contributed by atoms with Crippen molar-refractivity contribution in [3.63, 3.8) is 0 Å². The van der Waals surface area contributed by atoms with E-state index in [0.717, 1.165) is 27.6 Å². The number of hydrogen-bond acceptors (Lipinski definition) is 5. The quantitative estimate of drug-likeness (QED) is 0.103. The highest BCUT2D eigenvalue weighted by atomic mass is 35.5. The Kier molecular flexibility index (Phi) is 7.43. The summed E-state index contributed by atoms with van der Waals surface area (Å²) in [5.41, 5.74) is 7.46. The number of aromatic nitrogens is 1. The van der Waals surface area contributed by atoms with E-state index < -0.39 is 11.9 Å². The summed E-state index contributed by atoms with van der Waals surface area (Å²) in [6.45, 7) is 1.94. The van der Waals surface area contributed by atoms with Crippen molar-refractivity contribution < 1.29 is 19.1 Å². The molecule has 4 aromatic carbocycles. The molecule has 1 heterocycles. The minimum atomic E-state index is -0.490. The standard InChI is InChI=1S/C31H24ClN3O4/c1-19-8-11-22(12-9-19)31(37)39-26-15-10-20(16-27(26)38-2)18-33-35-30(36)29-28(21-6-4-3-5-7-21)24-17-23(32)13-14-25(24)34-29/h3-18,34H,1-2H3,(H,35,36). The molecule has 0 radical (unpaired) electrons. The van der Waals surface area contributed by atoms with Gasteiger partial charge in [-0.3, -0.25) is 4.79 Å². The normalized spacial score (nSPS) is 11.1. The Balaban J connectivity index is 1.34. The number of hydrazone groups is 1. The van der Waals surface area contributed by atoms with Crippen molar-refractivity contribution in [3.05, 3.63) is 118 Å². The van der Waals surface area contributed by atoms with Crippen molar-refractivity contribution in [2.24, 2.45) is 5.10 Å². The molecule has 0 fully saturated rings. The van der Waals surface area contributed by atoms with Gasteiger partial charge in [0.05, 0.1) is 18.9 Å².